The molecule has 0 unspecified atom stereocenters. The van der Waals surface area contributed by atoms with Crippen LogP contribution in [0.3, 0.4) is 0 Å². The number of nitrogens with zero attached hydrogens (tertiary/aromatic N) is 1. The number of nitrogens with two attached hydrogens (primary N) is 1. The Bertz CT molecular complexity index is 780. The minimum Gasteiger partial charge on any atom is -0.378 e. The molecular formula is C28H46N2O11. The number of hydrogen-bond acceptors (Lipinski definition) is 12. The smallest absolute Gasteiger partial charge is 0.261 e. The molecule has 1 aliphatic rings. The molecule has 0 spiro atoms. The lowest BCUT2D eigenvalue weighted by molar-refractivity contribution is -0.0250. The van der Waals surface area contributed by atoms with Crippen LogP contribution in [0.1, 0.15) is 20.7 Å². The minimum atomic E-state index is -0.276. The molecule has 13 heteroatoms. The quantitative estimate of drug-likeness (QED) is 0.102. The highest BCUT2D eigenvalue weighted by atomic mass is 16.6. The van der Waals surface area contributed by atoms with E-state index in [-0.39, 0.29) is 25.0 Å². The summed E-state index contributed by atoms with van der Waals surface area (Å²) in [6.45, 7) is 9.26. The summed E-state index contributed by atoms with van der Waals surface area (Å²) >= 11 is 0. The Morgan fingerprint density at radius 1 is 0.439 bits per heavy atom. The first-order valence-corrected chi connectivity index (χ1v) is 14.1. The van der Waals surface area contributed by atoms with Gasteiger partial charge in [0.15, 0.2) is 0 Å². The molecular weight excluding hydrogens is 540 g/mol. The topological polar surface area (TPSA) is 146 Å². The zero-order chi connectivity index (χ0) is 29.2. The second-order valence-corrected chi connectivity index (χ2v) is 8.61. The van der Waals surface area contributed by atoms with Gasteiger partial charge >= 0.3 is 0 Å². The molecule has 41 heavy (non-hydrogen) atoms. The maximum absolute atomic E-state index is 12.3. The van der Waals surface area contributed by atoms with Crippen LogP contribution < -0.4 is 5.73 Å². The van der Waals surface area contributed by atoms with E-state index in [1.165, 1.54) is 4.90 Å². The number of carbonyl (C=O) groups is 2. The van der Waals surface area contributed by atoms with E-state index in [0.717, 1.165) is 0 Å². The van der Waals surface area contributed by atoms with E-state index in [0.29, 0.717) is 130 Å². The van der Waals surface area contributed by atoms with Crippen molar-refractivity contribution in [2.45, 2.75) is 0 Å². The monoisotopic (exact) mass is 586 g/mol. The van der Waals surface area contributed by atoms with Gasteiger partial charge in [0.2, 0.25) is 0 Å². The van der Waals surface area contributed by atoms with E-state index in [2.05, 4.69) is 0 Å². The molecule has 0 fully saturated rings. The Morgan fingerprint density at radius 3 is 1.00 bits per heavy atom. The fourth-order valence-electron chi connectivity index (χ4n) is 3.54. The molecule has 0 aromatic heterocycles. The van der Waals surface area contributed by atoms with Crippen LogP contribution in [0.25, 0.3) is 0 Å². The van der Waals surface area contributed by atoms with Gasteiger partial charge in [0.05, 0.1) is 137 Å². The van der Waals surface area contributed by atoms with Crippen molar-refractivity contribution < 1.29 is 52.2 Å². The molecule has 1 aromatic carbocycles. The van der Waals surface area contributed by atoms with Crippen molar-refractivity contribution in [2.24, 2.45) is 5.73 Å². The second kappa shape index (κ2) is 24.5. The largest absolute Gasteiger partial charge is 0.378 e. The number of hydrogen-bond donors (Lipinski definition) is 1. The van der Waals surface area contributed by atoms with E-state index in [1.54, 1.807) is 24.3 Å². The van der Waals surface area contributed by atoms with Gasteiger partial charge in [-0.2, -0.15) is 0 Å². The van der Waals surface area contributed by atoms with Gasteiger partial charge in [-0.3, -0.25) is 14.5 Å². The van der Waals surface area contributed by atoms with Gasteiger partial charge in [-0.1, -0.05) is 12.1 Å². The lowest BCUT2D eigenvalue weighted by atomic mass is 10.1. The van der Waals surface area contributed by atoms with E-state index >= 15 is 0 Å². The van der Waals surface area contributed by atoms with Crippen LogP contribution in [0.5, 0.6) is 0 Å². The van der Waals surface area contributed by atoms with E-state index in [9.17, 15) is 9.59 Å². The third-order valence-corrected chi connectivity index (χ3v) is 5.58. The third-order valence-electron chi connectivity index (χ3n) is 5.58. The molecule has 1 aliphatic heterocycles. The van der Waals surface area contributed by atoms with Crippen LogP contribution in [-0.4, -0.2) is 149 Å². The molecule has 1 aromatic rings. The van der Waals surface area contributed by atoms with Gasteiger partial charge in [-0.25, -0.2) is 0 Å². The van der Waals surface area contributed by atoms with E-state index in [4.69, 9.17) is 48.4 Å². The lowest BCUT2D eigenvalue weighted by Crippen LogP contribution is -2.33. The fraction of sp³-hybridized carbons (Fsp3) is 0.714. The molecule has 0 atom stereocenters. The standard InChI is InChI=1S/C28H46N2O11/c29-5-7-33-9-11-35-13-15-37-17-19-39-21-23-41-24-22-40-20-18-38-16-14-36-12-10-34-8-6-30-27(31)25-3-1-2-4-26(25)28(30)32/h1-4H,5-24,29H2. The molecule has 0 radical (unpaired) electrons. The molecule has 0 saturated heterocycles. The zero-order valence-electron chi connectivity index (χ0n) is 24.0. The lowest BCUT2D eigenvalue weighted by Gasteiger charge is -2.13. The van der Waals surface area contributed by atoms with Gasteiger partial charge in [0.25, 0.3) is 11.8 Å². The predicted octanol–water partition coefficient (Wildman–Crippen LogP) is 0.391. The molecule has 0 saturated carbocycles. The van der Waals surface area contributed by atoms with Crippen molar-refractivity contribution in [3.8, 4) is 0 Å². The molecule has 2 rings (SSSR count). The van der Waals surface area contributed by atoms with Crippen molar-refractivity contribution in [3.63, 3.8) is 0 Å². The summed E-state index contributed by atoms with van der Waals surface area (Å²) in [4.78, 5) is 25.8. The van der Waals surface area contributed by atoms with Crippen LogP contribution >= 0.6 is 0 Å². The van der Waals surface area contributed by atoms with Crippen molar-refractivity contribution in [1.82, 2.24) is 4.90 Å². The van der Waals surface area contributed by atoms with Gasteiger partial charge in [-0.15, -0.1) is 0 Å². The predicted molar refractivity (Wildman–Crippen MR) is 148 cm³/mol. The van der Waals surface area contributed by atoms with Crippen molar-refractivity contribution in [3.05, 3.63) is 35.4 Å². The number of amides is 2. The first kappa shape index (κ1) is 35.2. The fourth-order valence-corrected chi connectivity index (χ4v) is 3.54. The molecule has 234 valence electrons. The number of rotatable bonds is 29. The van der Waals surface area contributed by atoms with Crippen LogP contribution in [0, 0.1) is 0 Å². The summed E-state index contributed by atoms with van der Waals surface area (Å²) in [5.41, 5.74) is 6.21. The number of imide groups is 1. The normalized spacial score (nSPS) is 13.0. The Morgan fingerprint density at radius 2 is 0.707 bits per heavy atom. The summed E-state index contributed by atoms with van der Waals surface area (Å²) in [7, 11) is 0. The molecule has 2 amide bonds. The summed E-state index contributed by atoms with van der Waals surface area (Å²) < 4.78 is 48.7. The number of benzene rings is 1. The minimum absolute atomic E-state index is 0.217. The van der Waals surface area contributed by atoms with Gasteiger partial charge in [0.1, 0.15) is 0 Å². The molecule has 0 bridgehead atoms. The summed E-state index contributed by atoms with van der Waals surface area (Å²) in [6, 6.07) is 6.82. The van der Waals surface area contributed by atoms with Crippen LogP contribution in [-0.2, 0) is 42.6 Å². The van der Waals surface area contributed by atoms with Crippen LogP contribution in [0.4, 0.5) is 0 Å². The summed E-state index contributed by atoms with van der Waals surface area (Å²) in [5.74, 6) is -0.552. The Kier molecular flexibility index (Phi) is 21.1. The van der Waals surface area contributed by atoms with Gasteiger partial charge < -0.3 is 48.4 Å². The van der Waals surface area contributed by atoms with Crippen molar-refractivity contribution in [1.29, 1.82) is 0 Å². The highest BCUT2D eigenvalue weighted by Gasteiger charge is 2.34. The molecule has 2 N–H and O–H groups in total. The second-order valence-electron chi connectivity index (χ2n) is 8.61. The van der Waals surface area contributed by atoms with Gasteiger partial charge in [-0.05, 0) is 12.1 Å². The third kappa shape index (κ3) is 16.3. The molecule has 13 nitrogen and oxygen atoms in total. The average molecular weight is 587 g/mol. The maximum Gasteiger partial charge on any atom is 0.261 e. The average Bonchev–Trinajstić information content (AvgIpc) is 3.23. The number of fused-ring (bicyclic) bond motifs is 1. The molecule has 1 heterocycles. The van der Waals surface area contributed by atoms with Crippen molar-refractivity contribution >= 4 is 11.8 Å². The Labute approximate surface area is 242 Å². The SMILES string of the molecule is NCCOCCOCCOCCOCCOCCOCCOCCOCCOCCN1C(=O)c2ccccc2C1=O. The Hall–Kier alpha value is -2.04. The van der Waals surface area contributed by atoms with Gasteiger partial charge in [0, 0.05) is 6.54 Å². The highest BCUT2D eigenvalue weighted by molar-refractivity contribution is 6.21. The number of carbonyl (C=O) groups excluding carboxylic acids is 2. The maximum atomic E-state index is 12.3. The van der Waals surface area contributed by atoms with Crippen LogP contribution in [0.15, 0.2) is 24.3 Å². The van der Waals surface area contributed by atoms with E-state index < -0.39 is 0 Å². The summed E-state index contributed by atoms with van der Waals surface area (Å²) in [6.07, 6.45) is 0. The Balaban J connectivity index is 1.21. The summed E-state index contributed by atoms with van der Waals surface area (Å²) in [5, 5.41) is 0. The van der Waals surface area contributed by atoms with E-state index in [1.807, 2.05) is 0 Å². The highest BCUT2D eigenvalue weighted by Crippen LogP contribution is 2.21. The number of ether oxygens (including phenoxy) is 9. The van der Waals surface area contributed by atoms with Crippen molar-refractivity contribution in [2.75, 3.05) is 132 Å². The first-order valence-electron chi connectivity index (χ1n) is 14.1. The molecule has 0 aliphatic carbocycles. The van der Waals surface area contributed by atoms with Crippen LogP contribution in [0.2, 0.25) is 0 Å². The zero-order valence-corrected chi connectivity index (χ0v) is 24.0. The first-order chi connectivity index (χ1) is 20.3.